The molecule has 212 valence electrons. The minimum absolute atomic E-state index is 0.0689. The fourth-order valence-corrected chi connectivity index (χ4v) is 4.47. The number of benzene rings is 3. The lowest BCUT2D eigenvalue weighted by Gasteiger charge is -2.22. The van der Waals surface area contributed by atoms with E-state index in [4.69, 9.17) is 21.1 Å². The highest BCUT2D eigenvalue weighted by Crippen LogP contribution is 2.34. The Balaban J connectivity index is 1.51. The topological polar surface area (TPSA) is 102 Å². The number of nitrogens with zero attached hydrogens (tertiary/aromatic N) is 1. The van der Waals surface area contributed by atoms with Crippen molar-refractivity contribution in [2.75, 3.05) is 16.8 Å². The van der Waals surface area contributed by atoms with Gasteiger partial charge in [0.15, 0.2) is 0 Å². The predicted molar refractivity (Wildman–Crippen MR) is 157 cm³/mol. The molecule has 8 nitrogen and oxygen atoms in total. The fourth-order valence-electron chi connectivity index (χ4n) is 4.26. The first-order valence-electron chi connectivity index (χ1n) is 13.2. The van der Waals surface area contributed by atoms with Crippen molar-refractivity contribution in [3.63, 3.8) is 0 Å². The largest absolute Gasteiger partial charge is 0.462 e. The van der Waals surface area contributed by atoms with Crippen molar-refractivity contribution in [3.8, 4) is 5.75 Å². The van der Waals surface area contributed by atoms with E-state index in [-0.39, 0.29) is 34.0 Å². The van der Waals surface area contributed by atoms with Crippen molar-refractivity contribution in [2.45, 2.75) is 46.5 Å². The zero-order valence-corrected chi connectivity index (χ0v) is 24.3. The molecule has 0 aromatic heterocycles. The van der Waals surface area contributed by atoms with Gasteiger partial charge < -0.3 is 14.8 Å². The van der Waals surface area contributed by atoms with Gasteiger partial charge in [0.25, 0.3) is 11.8 Å². The second-order valence-electron chi connectivity index (χ2n) is 10.6. The molecular formula is C32H31ClN2O6. The number of ether oxygens (including phenoxy) is 2. The van der Waals surface area contributed by atoms with Gasteiger partial charge in [-0.15, -0.1) is 0 Å². The monoisotopic (exact) mass is 574 g/mol. The molecule has 1 aliphatic rings. The third-order valence-electron chi connectivity index (χ3n) is 6.37. The number of nitrogens with one attached hydrogen (secondary N) is 1. The summed E-state index contributed by atoms with van der Waals surface area (Å²) in [4.78, 5) is 52.6. The molecule has 0 atom stereocenters. The molecular weight excluding hydrogens is 544 g/mol. The molecule has 9 heteroatoms. The molecule has 0 unspecified atom stereocenters. The van der Waals surface area contributed by atoms with Crippen LogP contribution in [0.4, 0.5) is 11.4 Å². The highest BCUT2D eigenvalue weighted by atomic mass is 35.5. The molecule has 0 spiro atoms. The summed E-state index contributed by atoms with van der Waals surface area (Å²) >= 11 is 6.28. The normalized spacial score (nSPS) is 13.5. The predicted octanol–water partition coefficient (Wildman–Crippen LogP) is 6.51. The third-order valence-corrected chi connectivity index (χ3v) is 6.72. The van der Waals surface area contributed by atoms with Crippen LogP contribution in [0.2, 0.25) is 0 Å². The average molecular weight is 575 g/mol. The van der Waals surface area contributed by atoms with Gasteiger partial charge in [-0.3, -0.25) is 9.59 Å². The van der Waals surface area contributed by atoms with E-state index in [9.17, 15) is 19.2 Å². The highest BCUT2D eigenvalue weighted by molar-refractivity contribution is 6.53. The molecule has 4 rings (SSSR count). The zero-order chi connectivity index (χ0) is 29.9. The highest BCUT2D eigenvalue weighted by Gasteiger charge is 2.40. The Labute approximate surface area is 243 Å². The number of amides is 2. The van der Waals surface area contributed by atoms with Crippen LogP contribution in [0.25, 0.3) is 0 Å². The number of rotatable bonds is 8. The van der Waals surface area contributed by atoms with Gasteiger partial charge in [-0.2, -0.15) is 0 Å². The Bertz CT molecular complexity index is 1550. The summed E-state index contributed by atoms with van der Waals surface area (Å²) in [7, 11) is 0. The number of anilines is 2. The van der Waals surface area contributed by atoms with Crippen molar-refractivity contribution < 1.29 is 28.7 Å². The molecule has 0 fully saturated rings. The molecule has 0 saturated carbocycles. The number of halogens is 1. The van der Waals surface area contributed by atoms with Crippen LogP contribution in [0.3, 0.4) is 0 Å². The Morgan fingerprint density at radius 1 is 0.927 bits per heavy atom. The summed E-state index contributed by atoms with van der Waals surface area (Å²) in [5, 5.41) is 2.54. The number of para-hydroxylation sites is 1. The first-order chi connectivity index (χ1) is 19.4. The van der Waals surface area contributed by atoms with Crippen LogP contribution in [-0.2, 0) is 19.7 Å². The van der Waals surface area contributed by atoms with Crippen molar-refractivity contribution in [1.82, 2.24) is 0 Å². The van der Waals surface area contributed by atoms with E-state index in [0.717, 1.165) is 16.0 Å². The second-order valence-corrected chi connectivity index (χ2v) is 11.0. The molecule has 3 aromatic carbocycles. The van der Waals surface area contributed by atoms with Gasteiger partial charge in [-0.1, -0.05) is 69.1 Å². The standard InChI is InChI=1S/C32H31ClN2O6/c1-6-17-40-31(39)22-9-7-8-10-24(22)35-28(36)26(33)27(29(35)37)34-21-14-12-20(13-15-21)30(38)41-25-16-11-19(2)18-23(25)32(3,4)5/h7-16,18,34H,6,17H2,1-5H3. The van der Waals surface area contributed by atoms with E-state index in [0.29, 0.717) is 23.4 Å². The van der Waals surface area contributed by atoms with Gasteiger partial charge in [-0.05, 0) is 61.2 Å². The number of imide groups is 1. The molecule has 0 bridgehead atoms. The maximum atomic E-state index is 13.3. The third kappa shape index (κ3) is 6.33. The van der Waals surface area contributed by atoms with Gasteiger partial charge in [0.05, 0.1) is 23.4 Å². The molecule has 0 aliphatic carbocycles. The SMILES string of the molecule is CCCOC(=O)c1ccccc1N1C(=O)C(Cl)=C(Nc2ccc(C(=O)Oc3ccc(C)cc3C(C)(C)C)cc2)C1=O. The van der Waals surface area contributed by atoms with Gasteiger partial charge in [0.1, 0.15) is 16.5 Å². The smallest absolute Gasteiger partial charge is 0.343 e. The average Bonchev–Trinajstić information content (AvgIpc) is 3.15. The van der Waals surface area contributed by atoms with Crippen LogP contribution in [0, 0.1) is 6.92 Å². The van der Waals surface area contributed by atoms with E-state index in [1.165, 1.54) is 12.1 Å². The van der Waals surface area contributed by atoms with Crippen LogP contribution < -0.4 is 15.0 Å². The number of aryl methyl sites for hydroxylation is 1. The van der Waals surface area contributed by atoms with E-state index >= 15 is 0 Å². The fraction of sp³-hybridized carbons (Fsp3) is 0.250. The lowest BCUT2D eigenvalue weighted by atomic mass is 9.85. The van der Waals surface area contributed by atoms with E-state index in [1.807, 2.05) is 46.8 Å². The van der Waals surface area contributed by atoms with Crippen LogP contribution in [0.5, 0.6) is 5.75 Å². The van der Waals surface area contributed by atoms with Crippen LogP contribution in [0.1, 0.15) is 66.0 Å². The number of hydrogen-bond donors (Lipinski definition) is 1. The van der Waals surface area contributed by atoms with Crippen LogP contribution in [-0.4, -0.2) is 30.4 Å². The first kappa shape index (κ1) is 29.6. The van der Waals surface area contributed by atoms with Gasteiger partial charge >= 0.3 is 11.9 Å². The van der Waals surface area contributed by atoms with Crippen LogP contribution >= 0.6 is 11.6 Å². The molecule has 3 aromatic rings. The van der Waals surface area contributed by atoms with Crippen molar-refractivity contribution >= 4 is 46.7 Å². The molecule has 1 heterocycles. The molecule has 1 N–H and O–H groups in total. The van der Waals surface area contributed by atoms with Gasteiger partial charge in [0.2, 0.25) is 0 Å². The number of carbonyl (C=O) groups is 4. The maximum absolute atomic E-state index is 13.3. The lowest BCUT2D eigenvalue weighted by Crippen LogP contribution is -2.33. The second kappa shape index (κ2) is 12.0. The number of esters is 2. The molecule has 41 heavy (non-hydrogen) atoms. The Hall–Kier alpha value is -4.43. The minimum Gasteiger partial charge on any atom is -0.462 e. The van der Waals surface area contributed by atoms with E-state index in [2.05, 4.69) is 5.32 Å². The Morgan fingerprint density at radius 2 is 1.61 bits per heavy atom. The minimum atomic E-state index is -0.775. The van der Waals surface area contributed by atoms with Crippen molar-refractivity contribution in [2.24, 2.45) is 0 Å². The van der Waals surface area contributed by atoms with Gasteiger partial charge in [-0.25, -0.2) is 14.5 Å². The number of carbonyl (C=O) groups excluding carboxylic acids is 4. The molecule has 0 saturated heterocycles. The summed E-state index contributed by atoms with van der Waals surface area (Å²) in [6.45, 7) is 10.2. The molecule has 0 radical (unpaired) electrons. The van der Waals surface area contributed by atoms with Gasteiger partial charge in [0, 0.05) is 11.3 Å². The summed E-state index contributed by atoms with van der Waals surface area (Å²) in [6, 6.07) is 18.1. The Morgan fingerprint density at radius 3 is 2.27 bits per heavy atom. The molecule has 2 amide bonds. The summed E-state index contributed by atoms with van der Waals surface area (Å²) in [5.74, 6) is -2.20. The van der Waals surface area contributed by atoms with E-state index in [1.54, 1.807) is 42.5 Å². The lowest BCUT2D eigenvalue weighted by molar-refractivity contribution is -0.120. The Kier molecular flexibility index (Phi) is 8.63. The van der Waals surface area contributed by atoms with Crippen molar-refractivity contribution in [1.29, 1.82) is 0 Å². The summed E-state index contributed by atoms with van der Waals surface area (Å²) < 4.78 is 10.9. The number of hydrogen-bond acceptors (Lipinski definition) is 7. The van der Waals surface area contributed by atoms with Crippen molar-refractivity contribution in [3.05, 3.63) is 99.7 Å². The first-order valence-corrected chi connectivity index (χ1v) is 13.5. The zero-order valence-electron chi connectivity index (χ0n) is 23.5. The molecule has 1 aliphatic heterocycles. The quantitative estimate of drug-likeness (QED) is 0.186. The van der Waals surface area contributed by atoms with E-state index < -0.39 is 23.8 Å². The van der Waals surface area contributed by atoms with Crippen LogP contribution in [0.15, 0.2) is 77.5 Å². The maximum Gasteiger partial charge on any atom is 0.343 e. The summed E-state index contributed by atoms with van der Waals surface area (Å²) in [5.41, 5.74) is 2.46. The summed E-state index contributed by atoms with van der Waals surface area (Å²) in [6.07, 6.45) is 0.622.